The third-order valence-electron chi connectivity index (χ3n) is 4.88. The molecule has 1 heterocycles. The van der Waals surface area contributed by atoms with Crippen molar-refractivity contribution in [3.63, 3.8) is 0 Å². The van der Waals surface area contributed by atoms with Crippen molar-refractivity contribution in [3.8, 4) is 17.0 Å². The first-order chi connectivity index (χ1) is 15.4. The minimum absolute atomic E-state index is 0.0156. The maximum absolute atomic E-state index is 12.7. The Bertz CT molecular complexity index is 1300. The molecule has 0 atom stereocenters. The topological polar surface area (TPSA) is 119 Å². The Kier molecular flexibility index (Phi) is 6.06. The van der Waals surface area contributed by atoms with Crippen LogP contribution in [0.15, 0.2) is 70.4 Å². The Morgan fingerprint density at radius 1 is 1.12 bits per heavy atom. The second-order valence-corrected chi connectivity index (χ2v) is 9.10. The van der Waals surface area contributed by atoms with Gasteiger partial charge in [0.25, 0.3) is 5.56 Å². The molecule has 9 nitrogen and oxygen atoms in total. The van der Waals surface area contributed by atoms with Gasteiger partial charge in [0.1, 0.15) is 12.3 Å². The number of hydrogen-bond acceptors (Lipinski definition) is 6. The number of sulfonamides is 1. The summed E-state index contributed by atoms with van der Waals surface area (Å²) in [6.07, 6.45) is 1.62. The van der Waals surface area contributed by atoms with Crippen molar-refractivity contribution in [1.29, 1.82) is 0 Å². The molecule has 4 rings (SSSR count). The Hall–Kier alpha value is -3.50. The Labute approximate surface area is 185 Å². The lowest BCUT2D eigenvalue weighted by Crippen LogP contribution is -2.29. The minimum Gasteiger partial charge on any atom is -0.495 e. The molecule has 3 aromatic rings. The van der Waals surface area contributed by atoms with Crippen LogP contribution in [0.3, 0.4) is 0 Å². The van der Waals surface area contributed by atoms with Crippen LogP contribution in [0.5, 0.6) is 5.75 Å². The molecule has 1 amide bonds. The molecule has 1 fully saturated rings. The van der Waals surface area contributed by atoms with Gasteiger partial charge in [-0.15, -0.1) is 0 Å². The maximum Gasteiger partial charge on any atom is 0.267 e. The van der Waals surface area contributed by atoms with Crippen LogP contribution >= 0.6 is 0 Å². The number of anilines is 1. The van der Waals surface area contributed by atoms with Crippen molar-refractivity contribution in [1.82, 2.24) is 14.5 Å². The van der Waals surface area contributed by atoms with Crippen LogP contribution in [0.4, 0.5) is 5.69 Å². The molecular weight excluding hydrogens is 432 g/mol. The van der Waals surface area contributed by atoms with E-state index in [-0.39, 0.29) is 23.2 Å². The standard InChI is InChI=1S/C22H22N4O5S/c1-31-20-11-9-17(32(29,30)25-16-7-8-16)13-19(20)23-21(27)14-26-22(28)12-10-18(24-26)15-5-3-2-4-6-15/h2-6,9-13,16,25H,7-8,14H2,1H3,(H,23,27). The Morgan fingerprint density at radius 3 is 2.56 bits per heavy atom. The number of carbonyl (C=O) groups is 1. The molecule has 0 aliphatic heterocycles. The lowest BCUT2D eigenvalue weighted by Gasteiger charge is -2.13. The number of aromatic nitrogens is 2. The number of nitrogens with one attached hydrogen (secondary N) is 2. The van der Waals surface area contributed by atoms with E-state index in [1.165, 1.54) is 31.4 Å². The number of nitrogens with zero attached hydrogens (tertiary/aromatic N) is 2. The molecule has 166 valence electrons. The summed E-state index contributed by atoms with van der Waals surface area (Å²) >= 11 is 0. The minimum atomic E-state index is -3.71. The smallest absolute Gasteiger partial charge is 0.267 e. The van der Waals surface area contributed by atoms with E-state index in [1.807, 2.05) is 30.3 Å². The number of benzene rings is 2. The van der Waals surface area contributed by atoms with Crippen molar-refractivity contribution < 1.29 is 17.9 Å². The van der Waals surface area contributed by atoms with E-state index in [0.29, 0.717) is 11.4 Å². The molecule has 2 N–H and O–H groups in total. The lowest BCUT2D eigenvalue weighted by atomic mass is 10.1. The first-order valence-electron chi connectivity index (χ1n) is 9.99. The van der Waals surface area contributed by atoms with Gasteiger partial charge in [0.2, 0.25) is 15.9 Å². The summed E-state index contributed by atoms with van der Waals surface area (Å²) in [6, 6.07) is 16.4. The van der Waals surface area contributed by atoms with E-state index in [2.05, 4.69) is 15.1 Å². The van der Waals surface area contributed by atoms with E-state index in [1.54, 1.807) is 6.07 Å². The predicted molar refractivity (Wildman–Crippen MR) is 119 cm³/mol. The summed E-state index contributed by atoms with van der Waals surface area (Å²) in [7, 11) is -2.29. The molecule has 0 saturated heterocycles. The van der Waals surface area contributed by atoms with Gasteiger partial charge >= 0.3 is 0 Å². The zero-order valence-corrected chi connectivity index (χ0v) is 18.1. The highest BCUT2D eigenvalue weighted by Crippen LogP contribution is 2.29. The molecule has 1 aliphatic rings. The van der Waals surface area contributed by atoms with Crippen molar-refractivity contribution >= 4 is 21.6 Å². The fourth-order valence-corrected chi connectivity index (χ4v) is 4.42. The van der Waals surface area contributed by atoms with Crippen molar-refractivity contribution in [3.05, 3.63) is 71.0 Å². The average Bonchev–Trinajstić information content (AvgIpc) is 3.59. The molecule has 32 heavy (non-hydrogen) atoms. The molecule has 1 saturated carbocycles. The van der Waals surface area contributed by atoms with E-state index in [4.69, 9.17) is 4.74 Å². The maximum atomic E-state index is 12.7. The van der Waals surface area contributed by atoms with Gasteiger partial charge in [-0.25, -0.2) is 17.8 Å². The highest BCUT2D eigenvalue weighted by atomic mass is 32.2. The zero-order chi connectivity index (χ0) is 22.7. The summed E-state index contributed by atoms with van der Waals surface area (Å²) in [5.41, 5.74) is 1.11. The molecule has 0 spiro atoms. The van der Waals surface area contributed by atoms with Gasteiger partial charge < -0.3 is 10.1 Å². The van der Waals surface area contributed by atoms with Gasteiger partial charge in [-0.05, 0) is 37.1 Å². The van der Waals surface area contributed by atoms with Gasteiger partial charge in [0.15, 0.2) is 0 Å². The fourth-order valence-electron chi connectivity index (χ4n) is 3.09. The Morgan fingerprint density at radius 2 is 1.88 bits per heavy atom. The molecule has 1 aliphatic carbocycles. The van der Waals surface area contributed by atoms with Gasteiger partial charge in [-0.1, -0.05) is 30.3 Å². The van der Waals surface area contributed by atoms with Crippen molar-refractivity contribution in [2.45, 2.75) is 30.3 Å². The van der Waals surface area contributed by atoms with Crippen LogP contribution in [-0.4, -0.2) is 37.3 Å². The molecule has 0 radical (unpaired) electrons. The summed E-state index contributed by atoms with van der Waals surface area (Å²) in [5, 5.41) is 6.89. The summed E-state index contributed by atoms with van der Waals surface area (Å²) in [5.74, 6) is -0.255. The quantitative estimate of drug-likeness (QED) is 0.537. The molecule has 2 aromatic carbocycles. The third kappa shape index (κ3) is 5.04. The largest absolute Gasteiger partial charge is 0.495 e. The molecule has 0 bridgehead atoms. The van der Waals surface area contributed by atoms with E-state index in [0.717, 1.165) is 23.1 Å². The van der Waals surface area contributed by atoms with Crippen LogP contribution in [-0.2, 0) is 21.4 Å². The van der Waals surface area contributed by atoms with Crippen LogP contribution in [0, 0.1) is 0 Å². The average molecular weight is 455 g/mol. The van der Waals surface area contributed by atoms with Crippen LogP contribution in [0.25, 0.3) is 11.3 Å². The van der Waals surface area contributed by atoms with Crippen molar-refractivity contribution in [2.75, 3.05) is 12.4 Å². The summed E-state index contributed by atoms with van der Waals surface area (Å²) in [4.78, 5) is 24.9. The number of carbonyl (C=O) groups excluding carboxylic acids is 1. The first kappa shape index (κ1) is 21.7. The summed E-state index contributed by atoms with van der Waals surface area (Å²) < 4.78 is 33.9. The van der Waals surface area contributed by atoms with E-state index < -0.39 is 21.5 Å². The molecule has 10 heteroatoms. The SMILES string of the molecule is COc1ccc(S(=O)(=O)NC2CC2)cc1NC(=O)Cn1nc(-c2ccccc2)ccc1=O. The molecule has 1 aromatic heterocycles. The number of rotatable bonds is 8. The highest BCUT2D eigenvalue weighted by Gasteiger charge is 2.28. The molecule has 0 unspecified atom stereocenters. The number of amides is 1. The number of methoxy groups -OCH3 is 1. The van der Waals surface area contributed by atoms with Gasteiger partial charge in [-0.3, -0.25) is 9.59 Å². The van der Waals surface area contributed by atoms with E-state index >= 15 is 0 Å². The molecular formula is C22H22N4O5S. The predicted octanol–water partition coefficient (Wildman–Crippen LogP) is 2.00. The Balaban J connectivity index is 1.55. The van der Waals surface area contributed by atoms with Crippen LogP contribution in [0.2, 0.25) is 0 Å². The second-order valence-electron chi connectivity index (χ2n) is 7.39. The lowest BCUT2D eigenvalue weighted by molar-refractivity contribution is -0.117. The monoisotopic (exact) mass is 454 g/mol. The summed E-state index contributed by atoms with van der Waals surface area (Å²) in [6.45, 7) is -0.347. The number of ether oxygens (including phenoxy) is 1. The highest BCUT2D eigenvalue weighted by molar-refractivity contribution is 7.89. The second kappa shape index (κ2) is 8.93. The van der Waals surface area contributed by atoms with Gasteiger partial charge in [0.05, 0.1) is 23.4 Å². The van der Waals surface area contributed by atoms with Crippen LogP contribution in [0.1, 0.15) is 12.8 Å². The van der Waals surface area contributed by atoms with Crippen LogP contribution < -0.4 is 20.3 Å². The van der Waals surface area contributed by atoms with E-state index in [9.17, 15) is 18.0 Å². The van der Waals surface area contributed by atoms with Gasteiger partial charge in [-0.2, -0.15) is 5.10 Å². The fraction of sp³-hybridized carbons (Fsp3) is 0.227. The first-order valence-corrected chi connectivity index (χ1v) is 11.5. The number of hydrogen-bond donors (Lipinski definition) is 2. The third-order valence-corrected chi connectivity index (χ3v) is 6.40. The normalized spacial score (nSPS) is 13.5. The van der Waals surface area contributed by atoms with Gasteiger partial charge in [0, 0.05) is 17.7 Å². The van der Waals surface area contributed by atoms with Crippen molar-refractivity contribution in [2.24, 2.45) is 0 Å². The zero-order valence-electron chi connectivity index (χ0n) is 17.3.